The Bertz CT molecular complexity index is 954. The zero-order chi connectivity index (χ0) is 22.1. The Morgan fingerprint density at radius 1 is 1.03 bits per heavy atom. The average Bonchev–Trinajstić information content (AvgIpc) is 2.68. The maximum absolute atomic E-state index is 12.3. The molecule has 2 N–H and O–H groups in total. The van der Waals surface area contributed by atoms with E-state index in [2.05, 4.69) is 5.32 Å². The van der Waals surface area contributed by atoms with Crippen LogP contribution in [0.15, 0.2) is 48.5 Å². The van der Waals surface area contributed by atoms with Crippen LogP contribution in [0.5, 0.6) is 5.75 Å². The first kappa shape index (κ1) is 23.4. The van der Waals surface area contributed by atoms with E-state index in [-0.39, 0.29) is 18.1 Å². The molecule has 1 atom stereocenters. The van der Waals surface area contributed by atoms with Gasteiger partial charge < -0.3 is 19.3 Å². The van der Waals surface area contributed by atoms with Crippen LogP contribution in [0.1, 0.15) is 28.4 Å². The summed E-state index contributed by atoms with van der Waals surface area (Å²) >= 11 is 0. The van der Waals surface area contributed by atoms with Crippen molar-refractivity contribution in [2.24, 2.45) is 0 Å². The molecule has 30 heavy (non-hydrogen) atoms. The summed E-state index contributed by atoms with van der Waals surface area (Å²) in [5, 5.41) is 12.0. The Labute approximate surface area is 176 Å². The summed E-state index contributed by atoms with van der Waals surface area (Å²) in [5.41, 5.74) is 2.16. The molecule has 0 aliphatic carbocycles. The van der Waals surface area contributed by atoms with Crippen LogP contribution in [-0.2, 0) is 32.5 Å². The molecule has 0 spiro atoms. The number of carbonyl (C=O) groups is 2. The van der Waals surface area contributed by atoms with Gasteiger partial charge in [-0.25, -0.2) is 4.79 Å². The molecule has 0 saturated heterocycles. The van der Waals surface area contributed by atoms with E-state index >= 15 is 0 Å². The molecule has 0 radical (unpaired) electrons. The van der Waals surface area contributed by atoms with E-state index in [0.29, 0.717) is 25.1 Å². The fourth-order valence-corrected chi connectivity index (χ4v) is 3.19. The van der Waals surface area contributed by atoms with Crippen molar-refractivity contribution in [3.05, 3.63) is 65.2 Å². The Morgan fingerprint density at radius 2 is 1.63 bits per heavy atom. The molecular formula is C21H25NO7S. The molecule has 2 rings (SSSR count). The highest BCUT2D eigenvalue weighted by Crippen LogP contribution is 2.14. The van der Waals surface area contributed by atoms with E-state index in [9.17, 15) is 18.0 Å². The number of carbonyl (C=O) groups excluding carboxylic acids is 1. The van der Waals surface area contributed by atoms with E-state index < -0.39 is 22.2 Å². The molecule has 0 heterocycles. The molecule has 1 unspecified atom stereocenters. The van der Waals surface area contributed by atoms with Crippen molar-refractivity contribution in [2.45, 2.75) is 25.9 Å². The summed E-state index contributed by atoms with van der Waals surface area (Å²) < 4.78 is 32.2. The van der Waals surface area contributed by atoms with Gasteiger partial charge in [0, 0.05) is 25.1 Å². The maximum atomic E-state index is 12.3. The first-order valence-electron chi connectivity index (χ1n) is 9.38. The Morgan fingerprint density at radius 3 is 2.17 bits per heavy atom. The number of hydrogen-bond donors (Lipinski definition) is 2. The molecule has 162 valence electrons. The van der Waals surface area contributed by atoms with Gasteiger partial charge in [0.2, 0.25) is 0 Å². The van der Waals surface area contributed by atoms with Crippen molar-refractivity contribution in [1.82, 2.24) is 5.32 Å². The lowest BCUT2D eigenvalue weighted by molar-refractivity contribution is -0.149. The van der Waals surface area contributed by atoms with Gasteiger partial charge in [0.25, 0.3) is 5.91 Å². The van der Waals surface area contributed by atoms with Crippen LogP contribution in [0.25, 0.3) is 0 Å². The first-order valence-corrected chi connectivity index (χ1v) is 11.2. The Hall–Kier alpha value is -2.91. The van der Waals surface area contributed by atoms with Gasteiger partial charge in [-0.3, -0.25) is 4.79 Å². The molecule has 2 aromatic rings. The van der Waals surface area contributed by atoms with Gasteiger partial charge >= 0.3 is 16.1 Å². The van der Waals surface area contributed by atoms with Crippen LogP contribution in [0, 0.1) is 0 Å². The lowest BCUT2D eigenvalue weighted by Crippen LogP contribution is -2.27. The highest BCUT2D eigenvalue weighted by Gasteiger charge is 2.18. The minimum atomic E-state index is -3.56. The van der Waals surface area contributed by atoms with E-state index in [1.165, 1.54) is 0 Å². The molecule has 8 nitrogen and oxygen atoms in total. The second-order valence-corrected chi connectivity index (χ2v) is 8.20. The zero-order valence-corrected chi connectivity index (χ0v) is 17.6. The second-order valence-electron chi connectivity index (χ2n) is 6.62. The van der Waals surface area contributed by atoms with Gasteiger partial charge in [0.15, 0.2) is 6.10 Å². The number of rotatable bonds is 11. The van der Waals surface area contributed by atoms with Gasteiger partial charge in [-0.05, 0) is 48.7 Å². The summed E-state index contributed by atoms with van der Waals surface area (Å²) in [6.07, 6.45) is 0.859. The topological polar surface area (TPSA) is 119 Å². The van der Waals surface area contributed by atoms with Gasteiger partial charge in [-0.1, -0.05) is 24.3 Å². The van der Waals surface area contributed by atoms with Crippen LogP contribution in [0.2, 0.25) is 0 Å². The predicted octanol–water partition coefficient (Wildman–Crippen LogP) is 2.03. The number of hydrogen-bond acceptors (Lipinski definition) is 6. The fourth-order valence-electron chi connectivity index (χ4n) is 2.73. The third-order valence-corrected chi connectivity index (χ3v) is 4.65. The standard InChI is InChI=1S/C21H25NO7S/c1-3-28-19(21(24)25)14-16-4-8-17(9-5-16)20(23)22-13-12-15-6-10-18(11-7-15)29-30(2,26)27/h4-11,19H,3,12-14H2,1-2H3,(H,22,23)(H,24,25). The van der Waals surface area contributed by atoms with E-state index in [1.54, 1.807) is 55.5 Å². The van der Waals surface area contributed by atoms with Crippen molar-refractivity contribution in [3.63, 3.8) is 0 Å². The monoisotopic (exact) mass is 435 g/mol. The van der Waals surface area contributed by atoms with Crippen molar-refractivity contribution in [1.29, 1.82) is 0 Å². The molecule has 9 heteroatoms. The second kappa shape index (κ2) is 10.7. The number of carboxylic acids is 1. The van der Waals surface area contributed by atoms with E-state index in [4.69, 9.17) is 14.0 Å². The van der Waals surface area contributed by atoms with Crippen LogP contribution in [-0.4, -0.2) is 50.9 Å². The number of aliphatic carboxylic acids is 1. The zero-order valence-electron chi connectivity index (χ0n) is 16.8. The summed E-state index contributed by atoms with van der Waals surface area (Å²) in [4.78, 5) is 23.4. The van der Waals surface area contributed by atoms with Crippen LogP contribution < -0.4 is 9.50 Å². The normalized spacial score (nSPS) is 12.2. The molecule has 0 aromatic heterocycles. The Kier molecular flexibility index (Phi) is 8.37. The van der Waals surface area contributed by atoms with Gasteiger partial charge in [0.1, 0.15) is 5.75 Å². The predicted molar refractivity (Wildman–Crippen MR) is 111 cm³/mol. The summed E-state index contributed by atoms with van der Waals surface area (Å²) in [6, 6.07) is 13.3. The average molecular weight is 435 g/mol. The summed E-state index contributed by atoms with van der Waals surface area (Å²) in [7, 11) is -3.56. The minimum Gasteiger partial charge on any atom is -0.479 e. The molecule has 0 fully saturated rings. The first-order chi connectivity index (χ1) is 14.2. The van der Waals surface area contributed by atoms with Gasteiger partial charge in [-0.15, -0.1) is 0 Å². The molecule has 0 saturated carbocycles. The van der Waals surface area contributed by atoms with Crippen LogP contribution in [0.4, 0.5) is 0 Å². The summed E-state index contributed by atoms with van der Waals surface area (Å²) in [5.74, 6) is -1.02. The van der Waals surface area contributed by atoms with Gasteiger partial charge in [0.05, 0.1) is 6.26 Å². The number of nitrogens with one attached hydrogen (secondary N) is 1. The lowest BCUT2D eigenvalue weighted by atomic mass is 10.1. The molecule has 0 aliphatic rings. The highest BCUT2D eigenvalue weighted by atomic mass is 32.2. The van der Waals surface area contributed by atoms with Crippen LogP contribution in [0.3, 0.4) is 0 Å². The summed E-state index contributed by atoms with van der Waals surface area (Å²) in [6.45, 7) is 2.45. The van der Waals surface area contributed by atoms with Crippen molar-refractivity contribution in [3.8, 4) is 5.75 Å². The van der Waals surface area contributed by atoms with Crippen LogP contribution >= 0.6 is 0 Å². The van der Waals surface area contributed by atoms with Crippen molar-refractivity contribution >= 4 is 22.0 Å². The number of ether oxygens (including phenoxy) is 1. The molecule has 2 aromatic carbocycles. The molecular weight excluding hydrogens is 410 g/mol. The third kappa shape index (κ3) is 7.84. The number of carboxylic acid groups (broad SMARTS) is 1. The van der Waals surface area contributed by atoms with Crippen molar-refractivity contribution in [2.75, 3.05) is 19.4 Å². The minimum absolute atomic E-state index is 0.226. The number of amides is 1. The highest BCUT2D eigenvalue weighted by molar-refractivity contribution is 7.86. The number of benzene rings is 2. The molecule has 0 bridgehead atoms. The maximum Gasteiger partial charge on any atom is 0.333 e. The Balaban J connectivity index is 1.84. The van der Waals surface area contributed by atoms with Crippen molar-refractivity contribution < 1.29 is 32.0 Å². The quantitative estimate of drug-likeness (QED) is 0.518. The molecule has 0 aliphatic heterocycles. The van der Waals surface area contributed by atoms with E-state index in [0.717, 1.165) is 17.4 Å². The SMILES string of the molecule is CCOC(Cc1ccc(C(=O)NCCc2ccc(OS(C)(=O)=O)cc2)cc1)C(=O)O. The fraction of sp³-hybridized carbons (Fsp3) is 0.333. The largest absolute Gasteiger partial charge is 0.479 e. The lowest BCUT2D eigenvalue weighted by Gasteiger charge is -2.12. The smallest absolute Gasteiger partial charge is 0.333 e. The molecule has 1 amide bonds. The van der Waals surface area contributed by atoms with Gasteiger partial charge in [-0.2, -0.15) is 8.42 Å². The third-order valence-electron chi connectivity index (χ3n) is 4.15. The van der Waals surface area contributed by atoms with E-state index in [1.807, 2.05) is 0 Å².